The smallest absolute Gasteiger partial charge is 0.305 e. The Morgan fingerprint density at radius 3 is 2.25 bits per heavy atom. The molecule has 1 heterocycles. The summed E-state index contributed by atoms with van der Waals surface area (Å²) in [4.78, 5) is 41.1. The number of hydrogen-bond acceptors (Lipinski definition) is 5. The third-order valence-corrected chi connectivity index (χ3v) is 5.05. The molecule has 0 atom stereocenters. The second kappa shape index (κ2) is 10.3. The van der Waals surface area contributed by atoms with Gasteiger partial charge in [-0.2, -0.15) is 0 Å². The lowest BCUT2D eigenvalue weighted by atomic mass is 9.99. The summed E-state index contributed by atoms with van der Waals surface area (Å²) in [7, 11) is 1.58. The van der Waals surface area contributed by atoms with Gasteiger partial charge < -0.3 is 14.7 Å². The van der Waals surface area contributed by atoms with Crippen LogP contribution in [0.25, 0.3) is 11.1 Å². The molecule has 7 heteroatoms. The molecule has 3 aromatic rings. The van der Waals surface area contributed by atoms with E-state index in [1.54, 1.807) is 31.4 Å². The SMILES string of the molecule is COc1ccc(CN(CCC(=O)O)C(=O)c2ccncc2)cc1-c1ccc(C(C)=O)cc1. The van der Waals surface area contributed by atoms with E-state index in [4.69, 9.17) is 9.84 Å². The van der Waals surface area contributed by atoms with Crippen LogP contribution in [0.4, 0.5) is 0 Å². The van der Waals surface area contributed by atoms with Gasteiger partial charge in [0.05, 0.1) is 13.5 Å². The molecule has 0 aliphatic heterocycles. The Kier molecular flexibility index (Phi) is 7.33. The first-order valence-electron chi connectivity index (χ1n) is 10.1. The molecule has 3 rings (SSSR count). The van der Waals surface area contributed by atoms with Gasteiger partial charge in [0.2, 0.25) is 0 Å². The van der Waals surface area contributed by atoms with E-state index in [1.807, 2.05) is 30.3 Å². The van der Waals surface area contributed by atoms with Gasteiger partial charge in [0.25, 0.3) is 5.91 Å². The van der Waals surface area contributed by atoms with Crippen molar-refractivity contribution in [2.75, 3.05) is 13.7 Å². The highest BCUT2D eigenvalue weighted by atomic mass is 16.5. The first kappa shape index (κ1) is 22.7. The van der Waals surface area contributed by atoms with E-state index in [1.165, 1.54) is 24.2 Å². The van der Waals surface area contributed by atoms with Crippen LogP contribution in [-0.2, 0) is 11.3 Å². The molecule has 32 heavy (non-hydrogen) atoms. The van der Waals surface area contributed by atoms with Crippen molar-refractivity contribution >= 4 is 17.7 Å². The number of carbonyl (C=O) groups excluding carboxylic acids is 2. The normalized spacial score (nSPS) is 10.4. The van der Waals surface area contributed by atoms with E-state index in [0.29, 0.717) is 16.9 Å². The lowest BCUT2D eigenvalue weighted by Gasteiger charge is -2.23. The van der Waals surface area contributed by atoms with Crippen LogP contribution in [-0.4, -0.2) is 46.3 Å². The monoisotopic (exact) mass is 432 g/mol. The summed E-state index contributed by atoms with van der Waals surface area (Å²) in [5, 5.41) is 9.11. The molecule has 0 aliphatic carbocycles. The molecule has 0 bridgehead atoms. The number of hydrogen-bond donors (Lipinski definition) is 1. The number of carboxylic acids is 1. The quantitative estimate of drug-likeness (QED) is 0.512. The van der Waals surface area contributed by atoms with Crippen LogP contribution < -0.4 is 4.74 Å². The molecule has 0 spiro atoms. The minimum absolute atomic E-state index is 0.0130. The van der Waals surface area contributed by atoms with E-state index in [0.717, 1.165) is 16.7 Å². The molecule has 0 radical (unpaired) electrons. The van der Waals surface area contributed by atoms with E-state index in [2.05, 4.69) is 4.98 Å². The lowest BCUT2D eigenvalue weighted by molar-refractivity contribution is -0.137. The number of rotatable bonds is 9. The summed E-state index contributed by atoms with van der Waals surface area (Å²) in [6, 6.07) is 16.0. The number of pyridine rings is 1. The number of amides is 1. The van der Waals surface area contributed by atoms with E-state index in [9.17, 15) is 14.4 Å². The van der Waals surface area contributed by atoms with Crippen molar-refractivity contribution in [3.05, 3.63) is 83.7 Å². The third-order valence-electron chi connectivity index (χ3n) is 5.05. The fourth-order valence-corrected chi connectivity index (χ4v) is 3.34. The number of aliphatic carboxylic acids is 1. The fourth-order valence-electron chi connectivity index (χ4n) is 3.34. The van der Waals surface area contributed by atoms with Crippen molar-refractivity contribution in [2.45, 2.75) is 19.9 Å². The van der Waals surface area contributed by atoms with E-state index < -0.39 is 5.97 Å². The molecule has 0 aliphatic rings. The summed E-state index contributed by atoms with van der Waals surface area (Å²) in [5.41, 5.74) is 3.57. The second-order valence-electron chi connectivity index (χ2n) is 7.27. The maximum absolute atomic E-state index is 13.0. The molecule has 0 saturated heterocycles. The Labute approximate surface area is 186 Å². The minimum atomic E-state index is -0.974. The highest BCUT2D eigenvalue weighted by Gasteiger charge is 2.18. The molecule has 0 fully saturated rings. The number of aromatic nitrogens is 1. The second-order valence-corrected chi connectivity index (χ2v) is 7.27. The van der Waals surface area contributed by atoms with Crippen LogP contribution in [0.5, 0.6) is 5.75 Å². The summed E-state index contributed by atoms with van der Waals surface area (Å²) >= 11 is 0. The van der Waals surface area contributed by atoms with Crippen LogP contribution in [0, 0.1) is 0 Å². The number of ether oxygens (including phenoxy) is 1. The van der Waals surface area contributed by atoms with E-state index >= 15 is 0 Å². The average Bonchev–Trinajstić information content (AvgIpc) is 2.81. The van der Waals surface area contributed by atoms with Crippen LogP contribution >= 0.6 is 0 Å². The summed E-state index contributed by atoms with van der Waals surface area (Å²) in [5.74, 6) is -0.599. The maximum atomic E-state index is 13.0. The molecule has 2 aromatic carbocycles. The predicted molar refractivity (Wildman–Crippen MR) is 120 cm³/mol. The molecule has 164 valence electrons. The van der Waals surface area contributed by atoms with Crippen LogP contribution in [0.3, 0.4) is 0 Å². The molecular weight excluding hydrogens is 408 g/mol. The Morgan fingerprint density at radius 1 is 0.969 bits per heavy atom. The van der Waals surface area contributed by atoms with Crippen LogP contribution in [0.2, 0.25) is 0 Å². The fraction of sp³-hybridized carbons (Fsp3) is 0.200. The standard InChI is InChI=1S/C25H24N2O5/c1-17(28)19-4-6-20(7-5-19)22-15-18(3-8-23(22)32-2)16-27(14-11-24(29)30)25(31)21-9-12-26-13-10-21/h3-10,12-13,15H,11,14,16H2,1-2H3,(H,29,30). The van der Waals surface area contributed by atoms with Gasteiger partial charge in [-0.15, -0.1) is 0 Å². The topological polar surface area (TPSA) is 96.8 Å². The Balaban J connectivity index is 1.92. The zero-order valence-corrected chi connectivity index (χ0v) is 17.9. The molecule has 0 saturated carbocycles. The maximum Gasteiger partial charge on any atom is 0.305 e. The number of Topliss-reactive ketones (excluding diaryl/α,β-unsaturated/α-hetero) is 1. The van der Waals surface area contributed by atoms with Gasteiger partial charge in [-0.3, -0.25) is 19.4 Å². The Hall–Kier alpha value is -4.00. The van der Waals surface area contributed by atoms with Crippen LogP contribution in [0.15, 0.2) is 67.0 Å². The molecule has 0 unspecified atom stereocenters. The largest absolute Gasteiger partial charge is 0.496 e. The summed E-state index contributed by atoms with van der Waals surface area (Å²) in [6.07, 6.45) is 2.89. The Bertz CT molecular complexity index is 1110. The lowest BCUT2D eigenvalue weighted by Crippen LogP contribution is -2.32. The van der Waals surface area contributed by atoms with Gasteiger partial charge in [0.1, 0.15) is 5.75 Å². The highest BCUT2D eigenvalue weighted by Crippen LogP contribution is 2.31. The number of ketones is 1. The molecule has 7 nitrogen and oxygen atoms in total. The third kappa shape index (κ3) is 5.57. The van der Waals surface area contributed by atoms with Gasteiger partial charge in [0, 0.05) is 42.2 Å². The predicted octanol–water partition coefficient (Wildman–Crippen LogP) is 4.08. The molecule has 1 amide bonds. The van der Waals surface area contributed by atoms with Crippen LogP contribution in [0.1, 0.15) is 39.6 Å². The van der Waals surface area contributed by atoms with Crippen molar-refractivity contribution in [3.63, 3.8) is 0 Å². The zero-order chi connectivity index (χ0) is 23.1. The van der Waals surface area contributed by atoms with Crippen molar-refractivity contribution in [1.29, 1.82) is 0 Å². The van der Waals surface area contributed by atoms with Gasteiger partial charge in [-0.05, 0) is 42.3 Å². The van der Waals surface area contributed by atoms with Crippen molar-refractivity contribution in [3.8, 4) is 16.9 Å². The van der Waals surface area contributed by atoms with Gasteiger partial charge in [-0.25, -0.2) is 0 Å². The van der Waals surface area contributed by atoms with Gasteiger partial charge in [-0.1, -0.05) is 30.3 Å². The first-order valence-corrected chi connectivity index (χ1v) is 10.1. The minimum Gasteiger partial charge on any atom is -0.496 e. The summed E-state index contributed by atoms with van der Waals surface area (Å²) < 4.78 is 5.50. The number of methoxy groups -OCH3 is 1. The molecule has 1 aromatic heterocycles. The highest BCUT2D eigenvalue weighted by molar-refractivity contribution is 5.95. The molecular formula is C25H24N2O5. The average molecular weight is 432 g/mol. The number of carboxylic acid groups (broad SMARTS) is 1. The number of benzene rings is 2. The van der Waals surface area contributed by atoms with E-state index in [-0.39, 0.29) is 31.2 Å². The summed E-state index contributed by atoms with van der Waals surface area (Å²) in [6.45, 7) is 1.82. The Morgan fingerprint density at radius 2 is 1.66 bits per heavy atom. The van der Waals surface area contributed by atoms with Gasteiger partial charge >= 0.3 is 5.97 Å². The van der Waals surface area contributed by atoms with Crippen molar-refractivity contribution in [1.82, 2.24) is 9.88 Å². The number of nitrogens with zero attached hydrogens (tertiary/aromatic N) is 2. The van der Waals surface area contributed by atoms with Crippen molar-refractivity contribution in [2.24, 2.45) is 0 Å². The first-order chi connectivity index (χ1) is 15.4. The zero-order valence-electron chi connectivity index (χ0n) is 17.9. The number of carbonyl (C=O) groups is 3. The van der Waals surface area contributed by atoms with Gasteiger partial charge in [0.15, 0.2) is 5.78 Å². The van der Waals surface area contributed by atoms with Crippen molar-refractivity contribution < 1.29 is 24.2 Å². The molecule has 1 N–H and O–H groups in total.